The number of benzene rings is 1. The predicted octanol–water partition coefficient (Wildman–Crippen LogP) is 2.47. The molecular weight excluding hydrogens is 288 g/mol. The third kappa shape index (κ3) is 3.19. The Hall–Kier alpha value is -2.01. The summed E-state index contributed by atoms with van der Waals surface area (Å²) in [5, 5.41) is 0.769. The molecule has 1 aliphatic heterocycles. The summed E-state index contributed by atoms with van der Waals surface area (Å²) in [4.78, 5) is 13.2. The van der Waals surface area contributed by atoms with Gasteiger partial charge in [0, 0.05) is 49.2 Å². The summed E-state index contributed by atoms with van der Waals surface area (Å²) >= 11 is 6.05. The van der Waals surface area contributed by atoms with Crippen LogP contribution < -0.4 is 14.5 Å². The monoisotopic (exact) mass is 304 g/mol. The molecule has 0 N–H and O–H groups in total. The van der Waals surface area contributed by atoms with Gasteiger partial charge in [0.15, 0.2) is 0 Å². The predicted molar refractivity (Wildman–Crippen MR) is 84.5 cm³/mol. The molecule has 1 aromatic carbocycles. The van der Waals surface area contributed by atoms with Gasteiger partial charge in [-0.05, 0) is 18.2 Å². The van der Waals surface area contributed by atoms with Crippen molar-refractivity contribution in [2.45, 2.75) is 0 Å². The standard InChI is InChI=1S/C15H17ClN4O/c1-21-14-5-6-17-15(18-14)20-9-7-19(8-10-20)13-4-2-3-12(16)11-13/h2-6,11H,7-10H2,1H3. The van der Waals surface area contributed by atoms with Crippen LogP contribution in [0.2, 0.25) is 5.02 Å². The lowest BCUT2D eigenvalue weighted by Crippen LogP contribution is -2.47. The molecule has 0 radical (unpaired) electrons. The summed E-state index contributed by atoms with van der Waals surface area (Å²) in [6.45, 7) is 3.58. The highest BCUT2D eigenvalue weighted by molar-refractivity contribution is 6.30. The second-order valence-electron chi connectivity index (χ2n) is 4.85. The van der Waals surface area contributed by atoms with Crippen LogP contribution in [0, 0.1) is 0 Å². The van der Waals surface area contributed by atoms with Gasteiger partial charge in [-0.15, -0.1) is 0 Å². The molecule has 5 nitrogen and oxygen atoms in total. The molecule has 6 heteroatoms. The van der Waals surface area contributed by atoms with E-state index in [1.807, 2.05) is 18.2 Å². The van der Waals surface area contributed by atoms with Gasteiger partial charge in [0.2, 0.25) is 11.8 Å². The Morgan fingerprint density at radius 1 is 1.10 bits per heavy atom. The van der Waals surface area contributed by atoms with Crippen LogP contribution in [-0.2, 0) is 0 Å². The van der Waals surface area contributed by atoms with Crippen LogP contribution in [0.1, 0.15) is 0 Å². The average molecular weight is 305 g/mol. The van der Waals surface area contributed by atoms with Gasteiger partial charge < -0.3 is 14.5 Å². The second-order valence-corrected chi connectivity index (χ2v) is 5.29. The van der Waals surface area contributed by atoms with Crippen LogP contribution in [0.15, 0.2) is 36.5 Å². The van der Waals surface area contributed by atoms with Crippen LogP contribution in [0.5, 0.6) is 5.88 Å². The zero-order chi connectivity index (χ0) is 14.7. The van der Waals surface area contributed by atoms with Gasteiger partial charge in [-0.25, -0.2) is 4.98 Å². The Morgan fingerprint density at radius 3 is 2.57 bits per heavy atom. The topological polar surface area (TPSA) is 41.5 Å². The van der Waals surface area contributed by atoms with E-state index in [1.54, 1.807) is 19.4 Å². The normalized spacial score (nSPS) is 15.1. The molecule has 0 atom stereocenters. The highest BCUT2D eigenvalue weighted by atomic mass is 35.5. The Morgan fingerprint density at radius 2 is 1.86 bits per heavy atom. The highest BCUT2D eigenvalue weighted by Crippen LogP contribution is 2.22. The molecular formula is C15H17ClN4O. The zero-order valence-electron chi connectivity index (χ0n) is 11.9. The van der Waals surface area contributed by atoms with Crippen LogP contribution in [-0.4, -0.2) is 43.3 Å². The third-order valence-corrected chi connectivity index (χ3v) is 3.80. The Kier molecular flexibility index (Phi) is 4.10. The van der Waals surface area contributed by atoms with Crippen molar-refractivity contribution < 1.29 is 4.74 Å². The molecule has 1 aliphatic rings. The lowest BCUT2D eigenvalue weighted by atomic mass is 10.2. The number of hydrogen-bond donors (Lipinski definition) is 0. The molecule has 0 spiro atoms. The van der Waals surface area contributed by atoms with Gasteiger partial charge in [-0.3, -0.25) is 0 Å². The van der Waals surface area contributed by atoms with Crippen LogP contribution in [0.3, 0.4) is 0 Å². The highest BCUT2D eigenvalue weighted by Gasteiger charge is 2.19. The smallest absolute Gasteiger partial charge is 0.228 e. The number of rotatable bonds is 3. The summed E-state index contributed by atoms with van der Waals surface area (Å²) in [6, 6.07) is 9.72. The van der Waals surface area contributed by atoms with Gasteiger partial charge in [0.05, 0.1) is 7.11 Å². The van der Waals surface area contributed by atoms with Crippen LogP contribution in [0.25, 0.3) is 0 Å². The van der Waals surface area contributed by atoms with E-state index >= 15 is 0 Å². The van der Waals surface area contributed by atoms with E-state index in [1.165, 1.54) is 0 Å². The van der Waals surface area contributed by atoms with Gasteiger partial charge >= 0.3 is 0 Å². The van der Waals surface area contributed by atoms with E-state index in [9.17, 15) is 0 Å². The first-order valence-electron chi connectivity index (χ1n) is 6.89. The van der Waals surface area contributed by atoms with Crippen molar-refractivity contribution in [3.8, 4) is 5.88 Å². The molecule has 3 rings (SSSR count). The summed E-state index contributed by atoms with van der Waals surface area (Å²) in [5.74, 6) is 1.32. The molecule has 0 amide bonds. The Labute approximate surface area is 129 Å². The average Bonchev–Trinajstić information content (AvgIpc) is 2.55. The Balaban J connectivity index is 1.67. The van der Waals surface area contributed by atoms with E-state index in [0.29, 0.717) is 5.88 Å². The molecule has 1 saturated heterocycles. The van der Waals surface area contributed by atoms with Crippen molar-refractivity contribution >= 4 is 23.2 Å². The first kappa shape index (κ1) is 13.9. The molecule has 0 aliphatic carbocycles. The van der Waals surface area contributed by atoms with Crippen molar-refractivity contribution in [2.75, 3.05) is 43.1 Å². The number of ether oxygens (including phenoxy) is 1. The van der Waals surface area contributed by atoms with Gasteiger partial charge in [0.25, 0.3) is 0 Å². The first-order valence-corrected chi connectivity index (χ1v) is 7.26. The van der Waals surface area contributed by atoms with E-state index in [0.717, 1.165) is 42.8 Å². The first-order chi connectivity index (χ1) is 10.3. The SMILES string of the molecule is COc1ccnc(N2CCN(c3cccc(Cl)c3)CC2)n1. The summed E-state index contributed by atoms with van der Waals surface area (Å²) in [6.07, 6.45) is 1.73. The fraction of sp³-hybridized carbons (Fsp3) is 0.333. The number of anilines is 2. The quantitative estimate of drug-likeness (QED) is 0.871. The minimum atomic E-state index is 0.595. The minimum Gasteiger partial charge on any atom is -0.481 e. The van der Waals surface area contributed by atoms with Crippen molar-refractivity contribution in [2.24, 2.45) is 0 Å². The second kappa shape index (κ2) is 6.18. The van der Waals surface area contributed by atoms with E-state index < -0.39 is 0 Å². The molecule has 2 aromatic rings. The van der Waals surface area contributed by atoms with Crippen molar-refractivity contribution in [1.82, 2.24) is 9.97 Å². The van der Waals surface area contributed by atoms with Crippen LogP contribution in [0.4, 0.5) is 11.6 Å². The lowest BCUT2D eigenvalue weighted by Gasteiger charge is -2.36. The number of hydrogen-bond acceptors (Lipinski definition) is 5. The van der Waals surface area contributed by atoms with E-state index in [4.69, 9.17) is 16.3 Å². The van der Waals surface area contributed by atoms with E-state index in [2.05, 4.69) is 25.8 Å². The van der Waals surface area contributed by atoms with Gasteiger partial charge in [-0.1, -0.05) is 17.7 Å². The summed E-state index contributed by atoms with van der Waals surface area (Å²) in [7, 11) is 1.61. The minimum absolute atomic E-state index is 0.595. The molecule has 2 heterocycles. The molecule has 110 valence electrons. The van der Waals surface area contributed by atoms with Crippen molar-refractivity contribution in [3.05, 3.63) is 41.6 Å². The maximum atomic E-state index is 6.05. The van der Waals surface area contributed by atoms with Crippen LogP contribution >= 0.6 is 11.6 Å². The fourth-order valence-corrected chi connectivity index (χ4v) is 2.62. The maximum Gasteiger partial charge on any atom is 0.228 e. The number of halogens is 1. The number of aromatic nitrogens is 2. The van der Waals surface area contributed by atoms with Crippen molar-refractivity contribution in [3.63, 3.8) is 0 Å². The number of nitrogens with zero attached hydrogens (tertiary/aromatic N) is 4. The molecule has 1 aromatic heterocycles. The molecule has 0 unspecified atom stereocenters. The molecule has 1 fully saturated rings. The zero-order valence-corrected chi connectivity index (χ0v) is 12.6. The maximum absolute atomic E-state index is 6.05. The number of methoxy groups -OCH3 is 1. The van der Waals surface area contributed by atoms with Gasteiger partial charge in [0.1, 0.15) is 0 Å². The van der Waals surface area contributed by atoms with E-state index in [-0.39, 0.29) is 0 Å². The third-order valence-electron chi connectivity index (χ3n) is 3.56. The lowest BCUT2D eigenvalue weighted by molar-refractivity contribution is 0.396. The molecule has 21 heavy (non-hydrogen) atoms. The summed E-state index contributed by atoms with van der Waals surface area (Å²) < 4.78 is 5.15. The number of piperazine rings is 1. The van der Waals surface area contributed by atoms with Crippen molar-refractivity contribution in [1.29, 1.82) is 0 Å². The molecule has 0 saturated carbocycles. The van der Waals surface area contributed by atoms with Gasteiger partial charge in [-0.2, -0.15) is 4.98 Å². The summed E-state index contributed by atoms with van der Waals surface area (Å²) in [5.41, 5.74) is 1.16. The molecule has 0 bridgehead atoms. The fourth-order valence-electron chi connectivity index (χ4n) is 2.44. The largest absolute Gasteiger partial charge is 0.481 e. The Bertz CT molecular complexity index is 614.